The molecule has 1 N–H and O–H groups in total. The minimum absolute atomic E-state index is 0.288. The number of nitrogens with zero attached hydrogens (tertiary/aromatic N) is 3. The maximum Gasteiger partial charge on any atom is 0.173 e. The van der Waals surface area contributed by atoms with Crippen LogP contribution in [-0.2, 0) is 0 Å². The van der Waals surface area contributed by atoms with Gasteiger partial charge in [0.05, 0.1) is 11.6 Å². The summed E-state index contributed by atoms with van der Waals surface area (Å²) in [5.74, 6) is 0. The number of benzene rings is 1. The zero-order valence-corrected chi connectivity index (χ0v) is 14.7. The van der Waals surface area contributed by atoms with Crippen molar-refractivity contribution in [2.45, 2.75) is 25.3 Å². The quantitative estimate of drug-likeness (QED) is 0.688. The van der Waals surface area contributed by atoms with Crippen molar-refractivity contribution in [3.8, 4) is 0 Å². The van der Waals surface area contributed by atoms with Gasteiger partial charge in [-0.05, 0) is 67.4 Å². The van der Waals surface area contributed by atoms with Crippen molar-refractivity contribution >= 4 is 33.9 Å². The summed E-state index contributed by atoms with van der Waals surface area (Å²) in [6, 6.07) is 14.5. The highest BCUT2D eigenvalue weighted by molar-refractivity contribution is 7.80. The number of fused-ring (bicyclic) bond motifs is 1. The summed E-state index contributed by atoms with van der Waals surface area (Å²) in [6.07, 6.45) is 9.06. The van der Waals surface area contributed by atoms with Crippen molar-refractivity contribution < 1.29 is 0 Å². The van der Waals surface area contributed by atoms with E-state index in [1.165, 1.54) is 12.0 Å². The van der Waals surface area contributed by atoms with Gasteiger partial charge in [-0.25, -0.2) is 0 Å². The maximum atomic E-state index is 5.77. The summed E-state index contributed by atoms with van der Waals surface area (Å²) in [4.78, 5) is 11.0. The Morgan fingerprint density at radius 3 is 2.88 bits per heavy atom. The van der Waals surface area contributed by atoms with Crippen LogP contribution in [0.5, 0.6) is 0 Å². The van der Waals surface area contributed by atoms with Crippen LogP contribution in [0.3, 0.4) is 0 Å². The van der Waals surface area contributed by atoms with E-state index >= 15 is 0 Å². The van der Waals surface area contributed by atoms with Gasteiger partial charge in [-0.15, -0.1) is 0 Å². The van der Waals surface area contributed by atoms with Crippen LogP contribution in [0.25, 0.3) is 10.9 Å². The Morgan fingerprint density at radius 2 is 2.00 bits per heavy atom. The molecule has 5 heteroatoms. The molecule has 126 valence electrons. The van der Waals surface area contributed by atoms with Crippen LogP contribution in [0.15, 0.2) is 61.1 Å². The number of pyridine rings is 2. The Bertz CT molecular complexity index is 876. The third-order valence-corrected chi connectivity index (χ3v) is 5.06. The first-order valence-electron chi connectivity index (χ1n) is 8.64. The standard InChI is InChI=1S/C20H20N4S/c25-20(23-18-9-3-8-17-16(18)7-5-12-22-17)24-13-2-1-10-19(24)15-6-4-11-21-14-15/h3-9,11-12,14,19H,1-2,10,13H2,(H,23,25)/t19-/m1/s1. The predicted molar refractivity (Wildman–Crippen MR) is 105 cm³/mol. The summed E-state index contributed by atoms with van der Waals surface area (Å²) in [5.41, 5.74) is 3.20. The lowest BCUT2D eigenvalue weighted by molar-refractivity contribution is 0.248. The molecule has 1 aromatic carbocycles. The summed E-state index contributed by atoms with van der Waals surface area (Å²) in [7, 11) is 0. The van der Waals surface area contributed by atoms with Crippen LogP contribution < -0.4 is 5.32 Å². The molecule has 1 saturated heterocycles. The molecule has 0 aliphatic carbocycles. The molecule has 0 saturated carbocycles. The Hall–Kier alpha value is -2.53. The van der Waals surface area contributed by atoms with Crippen LogP contribution in [0.1, 0.15) is 30.9 Å². The third kappa shape index (κ3) is 3.33. The van der Waals surface area contributed by atoms with E-state index in [0.717, 1.165) is 41.1 Å². The number of hydrogen-bond acceptors (Lipinski definition) is 3. The molecule has 4 rings (SSSR count). The van der Waals surface area contributed by atoms with E-state index in [0.29, 0.717) is 0 Å². The average Bonchev–Trinajstić information content (AvgIpc) is 2.69. The Morgan fingerprint density at radius 1 is 1.08 bits per heavy atom. The fraction of sp³-hybridized carbons (Fsp3) is 0.250. The number of aromatic nitrogens is 2. The van der Waals surface area contributed by atoms with Gasteiger partial charge in [-0.3, -0.25) is 9.97 Å². The highest BCUT2D eigenvalue weighted by Crippen LogP contribution is 2.31. The lowest BCUT2D eigenvalue weighted by Gasteiger charge is -2.38. The number of nitrogens with one attached hydrogen (secondary N) is 1. The zero-order chi connectivity index (χ0) is 17.1. The lowest BCUT2D eigenvalue weighted by Crippen LogP contribution is -2.41. The highest BCUT2D eigenvalue weighted by Gasteiger charge is 2.26. The molecule has 0 amide bonds. The number of thiocarbonyl (C=S) groups is 1. The molecule has 1 atom stereocenters. The zero-order valence-electron chi connectivity index (χ0n) is 13.9. The smallest absolute Gasteiger partial charge is 0.173 e. The second kappa shape index (κ2) is 7.15. The summed E-state index contributed by atoms with van der Waals surface area (Å²) < 4.78 is 0. The van der Waals surface area contributed by atoms with E-state index < -0.39 is 0 Å². The summed E-state index contributed by atoms with van der Waals surface area (Å²) >= 11 is 5.77. The number of piperidine rings is 1. The molecule has 0 bridgehead atoms. The van der Waals surface area contributed by atoms with Crippen molar-refractivity contribution in [3.63, 3.8) is 0 Å². The van der Waals surface area contributed by atoms with Crippen molar-refractivity contribution in [1.29, 1.82) is 0 Å². The van der Waals surface area contributed by atoms with E-state index in [9.17, 15) is 0 Å². The van der Waals surface area contributed by atoms with Crippen molar-refractivity contribution in [2.24, 2.45) is 0 Å². The molecule has 0 spiro atoms. The molecule has 1 aliphatic heterocycles. The molecule has 4 nitrogen and oxygen atoms in total. The van der Waals surface area contributed by atoms with Gasteiger partial charge in [0, 0.05) is 36.2 Å². The molecule has 25 heavy (non-hydrogen) atoms. The largest absolute Gasteiger partial charge is 0.342 e. The van der Waals surface area contributed by atoms with Crippen LogP contribution in [0, 0.1) is 0 Å². The Labute approximate surface area is 152 Å². The lowest BCUT2D eigenvalue weighted by atomic mass is 9.97. The number of likely N-dealkylation sites (tertiary alicyclic amines) is 1. The second-order valence-corrected chi connectivity index (χ2v) is 6.68. The SMILES string of the molecule is S=C(Nc1cccc2ncccc12)N1CCCC[C@@H]1c1cccnc1. The normalized spacial score (nSPS) is 17.4. The Balaban J connectivity index is 1.60. The number of rotatable bonds is 2. The van der Waals surface area contributed by atoms with Crippen molar-refractivity contribution in [2.75, 3.05) is 11.9 Å². The topological polar surface area (TPSA) is 41.1 Å². The fourth-order valence-electron chi connectivity index (χ4n) is 3.49. The maximum absolute atomic E-state index is 5.77. The van der Waals surface area contributed by atoms with Gasteiger partial charge in [-0.1, -0.05) is 12.1 Å². The van der Waals surface area contributed by atoms with Crippen LogP contribution in [0.4, 0.5) is 5.69 Å². The first kappa shape index (κ1) is 16.0. The second-order valence-electron chi connectivity index (χ2n) is 6.30. The van der Waals surface area contributed by atoms with Gasteiger partial charge >= 0.3 is 0 Å². The van der Waals surface area contributed by atoms with Gasteiger partial charge in [0.25, 0.3) is 0 Å². The van der Waals surface area contributed by atoms with Crippen molar-refractivity contribution in [1.82, 2.24) is 14.9 Å². The summed E-state index contributed by atoms with van der Waals surface area (Å²) in [6.45, 7) is 0.967. The molecular weight excluding hydrogens is 328 g/mol. The number of hydrogen-bond donors (Lipinski definition) is 1. The average molecular weight is 348 g/mol. The minimum atomic E-state index is 0.288. The fourth-order valence-corrected chi connectivity index (χ4v) is 3.82. The molecular formula is C20H20N4S. The first-order valence-corrected chi connectivity index (χ1v) is 9.05. The van der Waals surface area contributed by atoms with E-state index in [4.69, 9.17) is 12.2 Å². The monoisotopic (exact) mass is 348 g/mol. The molecule has 3 aromatic rings. The van der Waals surface area contributed by atoms with Gasteiger partial charge < -0.3 is 10.2 Å². The highest BCUT2D eigenvalue weighted by atomic mass is 32.1. The van der Waals surface area contributed by atoms with Gasteiger partial charge in [-0.2, -0.15) is 0 Å². The first-order chi connectivity index (χ1) is 12.3. The van der Waals surface area contributed by atoms with E-state index in [2.05, 4.69) is 38.4 Å². The minimum Gasteiger partial charge on any atom is -0.342 e. The van der Waals surface area contributed by atoms with Gasteiger partial charge in [0.15, 0.2) is 5.11 Å². The van der Waals surface area contributed by atoms with E-state index in [1.807, 2.05) is 42.9 Å². The van der Waals surface area contributed by atoms with Crippen LogP contribution in [-0.4, -0.2) is 26.5 Å². The molecule has 3 heterocycles. The van der Waals surface area contributed by atoms with E-state index in [-0.39, 0.29) is 6.04 Å². The molecule has 2 aromatic heterocycles. The van der Waals surface area contributed by atoms with Gasteiger partial charge in [0.2, 0.25) is 0 Å². The van der Waals surface area contributed by atoms with Crippen LogP contribution >= 0.6 is 12.2 Å². The molecule has 0 radical (unpaired) electrons. The third-order valence-electron chi connectivity index (χ3n) is 4.72. The van der Waals surface area contributed by atoms with Crippen molar-refractivity contribution in [3.05, 3.63) is 66.6 Å². The molecule has 0 unspecified atom stereocenters. The van der Waals surface area contributed by atoms with E-state index in [1.54, 1.807) is 0 Å². The Kier molecular flexibility index (Phi) is 4.57. The molecule has 1 aliphatic rings. The number of anilines is 1. The summed E-state index contributed by atoms with van der Waals surface area (Å²) in [5, 5.41) is 5.31. The van der Waals surface area contributed by atoms with Crippen LogP contribution in [0.2, 0.25) is 0 Å². The molecule has 1 fully saturated rings. The predicted octanol–water partition coefficient (Wildman–Crippen LogP) is 4.55. The van der Waals surface area contributed by atoms with Gasteiger partial charge in [0.1, 0.15) is 0 Å².